The zero-order chi connectivity index (χ0) is 10.8. The summed E-state index contributed by atoms with van der Waals surface area (Å²) in [6.07, 6.45) is -1.10. The van der Waals surface area contributed by atoms with Gasteiger partial charge in [0.25, 0.3) is 5.92 Å². The van der Waals surface area contributed by atoms with Crippen molar-refractivity contribution in [1.82, 2.24) is 0 Å². The van der Waals surface area contributed by atoms with Gasteiger partial charge in [-0.25, -0.2) is 8.78 Å². The van der Waals surface area contributed by atoms with Crippen LogP contribution in [0.4, 0.5) is 8.78 Å². The van der Waals surface area contributed by atoms with Crippen molar-refractivity contribution in [1.29, 1.82) is 0 Å². The van der Waals surface area contributed by atoms with Gasteiger partial charge in [-0.15, -0.1) is 0 Å². The molecule has 0 aliphatic heterocycles. The quantitative estimate of drug-likeness (QED) is 0.784. The lowest BCUT2D eigenvalue weighted by molar-refractivity contribution is 0.0170. The molecule has 4 heteroatoms. The van der Waals surface area contributed by atoms with Gasteiger partial charge < -0.3 is 10.2 Å². The molecular formula is C10H12F2O2. The van der Waals surface area contributed by atoms with Crippen molar-refractivity contribution in [2.45, 2.75) is 19.0 Å². The van der Waals surface area contributed by atoms with Gasteiger partial charge in [0.05, 0.1) is 6.61 Å². The number of rotatable bonds is 3. The average Bonchev–Trinajstić information content (AvgIpc) is 2.15. The summed E-state index contributed by atoms with van der Waals surface area (Å²) in [7, 11) is 0. The van der Waals surface area contributed by atoms with Gasteiger partial charge in [-0.2, -0.15) is 0 Å². The van der Waals surface area contributed by atoms with Crippen LogP contribution < -0.4 is 0 Å². The second-order valence-electron chi connectivity index (χ2n) is 3.21. The highest BCUT2D eigenvalue weighted by Gasteiger charge is 2.24. The molecule has 1 atom stereocenters. The number of halogens is 2. The summed E-state index contributed by atoms with van der Waals surface area (Å²) >= 11 is 0. The summed E-state index contributed by atoms with van der Waals surface area (Å²) in [5, 5.41) is 17.9. The van der Waals surface area contributed by atoms with E-state index in [0.717, 1.165) is 6.92 Å². The molecule has 0 fully saturated rings. The lowest BCUT2D eigenvalue weighted by Crippen LogP contribution is -2.09. The molecule has 1 aromatic rings. The van der Waals surface area contributed by atoms with Crippen LogP contribution in [0.3, 0.4) is 0 Å². The molecule has 1 aromatic carbocycles. The summed E-state index contributed by atoms with van der Waals surface area (Å²) in [5.41, 5.74) is 0.133. The number of aliphatic hydroxyl groups excluding tert-OH is 2. The third-order valence-corrected chi connectivity index (χ3v) is 1.95. The van der Waals surface area contributed by atoms with E-state index in [1.54, 1.807) is 0 Å². The summed E-state index contributed by atoms with van der Waals surface area (Å²) < 4.78 is 25.7. The van der Waals surface area contributed by atoms with Crippen LogP contribution in [0.1, 0.15) is 24.2 Å². The summed E-state index contributed by atoms with van der Waals surface area (Å²) in [5.74, 6) is -2.93. The molecule has 2 nitrogen and oxygen atoms in total. The third-order valence-electron chi connectivity index (χ3n) is 1.95. The molecule has 14 heavy (non-hydrogen) atoms. The van der Waals surface area contributed by atoms with Crippen molar-refractivity contribution in [3.8, 4) is 0 Å². The van der Waals surface area contributed by atoms with Crippen molar-refractivity contribution in [2.24, 2.45) is 0 Å². The lowest BCUT2D eigenvalue weighted by atomic mass is 10.0. The van der Waals surface area contributed by atoms with Crippen LogP contribution in [0, 0.1) is 0 Å². The molecule has 0 aliphatic rings. The fraction of sp³-hybridized carbons (Fsp3) is 0.400. The second-order valence-corrected chi connectivity index (χ2v) is 3.21. The lowest BCUT2D eigenvalue weighted by Gasteiger charge is -2.13. The Kier molecular flexibility index (Phi) is 3.18. The van der Waals surface area contributed by atoms with Crippen molar-refractivity contribution in [2.75, 3.05) is 6.61 Å². The van der Waals surface area contributed by atoms with E-state index in [9.17, 15) is 13.9 Å². The molecule has 0 heterocycles. The summed E-state index contributed by atoms with van der Waals surface area (Å²) in [6.45, 7) is 0.316. The number of hydrogen-bond donors (Lipinski definition) is 2. The first kappa shape index (κ1) is 11.1. The molecule has 78 valence electrons. The van der Waals surface area contributed by atoms with Gasteiger partial charge in [0, 0.05) is 12.5 Å². The fourth-order valence-corrected chi connectivity index (χ4v) is 1.12. The summed E-state index contributed by atoms with van der Waals surface area (Å²) in [6, 6.07) is 5.41. The Morgan fingerprint density at radius 2 is 2.07 bits per heavy atom. The second kappa shape index (κ2) is 4.02. The van der Waals surface area contributed by atoms with E-state index in [0.29, 0.717) is 5.56 Å². The molecule has 0 saturated heterocycles. The highest BCUT2D eigenvalue weighted by atomic mass is 19.3. The van der Waals surface area contributed by atoms with E-state index >= 15 is 0 Å². The van der Waals surface area contributed by atoms with Gasteiger partial charge >= 0.3 is 0 Å². The van der Waals surface area contributed by atoms with Gasteiger partial charge in [0.2, 0.25) is 0 Å². The first-order valence-corrected chi connectivity index (χ1v) is 4.22. The minimum absolute atomic E-state index is 0.164. The predicted molar refractivity (Wildman–Crippen MR) is 48.1 cm³/mol. The molecule has 0 aromatic heterocycles. The highest BCUT2D eigenvalue weighted by Crippen LogP contribution is 2.28. The molecule has 0 saturated carbocycles. The van der Waals surface area contributed by atoms with Crippen LogP contribution in [0.15, 0.2) is 24.3 Å². The molecule has 0 unspecified atom stereocenters. The molecule has 0 spiro atoms. The molecule has 0 aliphatic carbocycles. The van der Waals surface area contributed by atoms with Crippen LogP contribution in [0.25, 0.3) is 0 Å². The Morgan fingerprint density at radius 1 is 1.43 bits per heavy atom. The monoisotopic (exact) mass is 202 g/mol. The van der Waals surface area contributed by atoms with Crippen LogP contribution in [0.2, 0.25) is 0 Å². The maximum absolute atomic E-state index is 12.9. The van der Waals surface area contributed by atoms with Gasteiger partial charge in [-0.05, 0) is 11.6 Å². The predicted octanol–water partition coefficient (Wildman–Crippen LogP) is 1.82. The fourth-order valence-electron chi connectivity index (χ4n) is 1.12. The Morgan fingerprint density at radius 3 is 2.57 bits per heavy atom. The van der Waals surface area contributed by atoms with Crippen molar-refractivity contribution in [3.63, 3.8) is 0 Å². The number of benzene rings is 1. The highest BCUT2D eigenvalue weighted by molar-refractivity contribution is 5.27. The molecular weight excluding hydrogens is 190 g/mol. The number of hydrogen-bond acceptors (Lipinski definition) is 2. The Balaban J connectivity index is 3.01. The topological polar surface area (TPSA) is 40.5 Å². The minimum atomic E-state index is -2.93. The Labute approximate surface area is 80.8 Å². The number of alkyl halides is 2. The van der Waals surface area contributed by atoms with E-state index in [1.807, 2.05) is 0 Å². The zero-order valence-electron chi connectivity index (χ0n) is 7.74. The van der Waals surface area contributed by atoms with Crippen LogP contribution >= 0.6 is 0 Å². The SMILES string of the molecule is CC(F)(F)c1cccc([C@@H](O)CO)c1. The Hall–Kier alpha value is -1.00. The first-order chi connectivity index (χ1) is 6.45. The molecule has 1 rings (SSSR count). The molecule has 0 bridgehead atoms. The summed E-state index contributed by atoms with van der Waals surface area (Å²) in [4.78, 5) is 0. The zero-order valence-corrected chi connectivity index (χ0v) is 7.74. The molecule has 0 amide bonds. The normalized spacial score (nSPS) is 14.1. The van der Waals surface area contributed by atoms with Crippen molar-refractivity contribution < 1.29 is 19.0 Å². The first-order valence-electron chi connectivity index (χ1n) is 4.22. The maximum Gasteiger partial charge on any atom is 0.270 e. The van der Waals surface area contributed by atoms with Crippen LogP contribution in [-0.4, -0.2) is 16.8 Å². The van der Waals surface area contributed by atoms with Gasteiger partial charge in [-0.3, -0.25) is 0 Å². The minimum Gasteiger partial charge on any atom is -0.393 e. The van der Waals surface area contributed by atoms with E-state index in [1.165, 1.54) is 24.3 Å². The Bertz CT molecular complexity index is 307. The molecule has 0 radical (unpaired) electrons. The van der Waals surface area contributed by atoms with Crippen molar-refractivity contribution >= 4 is 0 Å². The van der Waals surface area contributed by atoms with Crippen LogP contribution in [0.5, 0.6) is 0 Å². The van der Waals surface area contributed by atoms with E-state index in [2.05, 4.69) is 0 Å². The van der Waals surface area contributed by atoms with E-state index in [4.69, 9.17) is 5.11 Å². The number of aliphatic hydroxyl groups is 2. The van der Waals surface area contributed by atoms with Gasteiger partial charge in [-0.1, -0.05) is 18.2 Å². The standard InChI is InChI=1S/C10H12F2O2/c1-10(11,12)8-4-2-3-7(5-8)9(14)6-13/h2-5,9,13-14H,6H2,1H3/t9-/m0/s1. The van der Waals surface area contributed by atoms with Crippen molar-refractivity contribution in [3.05, 3.63) is 35.4 Å². The van der Waals surface area contributed by atoms with E-state index < -0.39 is 18.6 Å². The smallest absolute Gasteiger partial charge is 0.270 e. The van der Waals surface area contributed by atoms with Gasteiger partial charge in [0.15, 0.2) is 0 Å². The average molecular weight is 202 g/mol. The van der Waals surface area contributed by atoms with E-state index in [-0.39, 0.29) is 5.56 Å². The van der Waals surface area contributed by atoms with Crippen LogP contribution in [-0.2, 0) is 5.92 Å². The third kappa shape index (κ3) is 2.49. The largest absolute Gasteiger partial charge is 0.393 e. The molecule has 2 N–H and O–H groups in total. The maximum atomic E-state index is 12.9. The van der Waals surface area contributed by atoms with Gasteiger partial charge in [0.1, 0.15) is 6.10 Å².